The quantitative estimate of drug-likeness (QED) is 0.898. The van der Waals surface area contributed by atoms with Crippen LogP contribution in [0.4, 0.5) is 5.69 Å². The van der Waals surface area contributed by atoms with Crippen molar-refractivity contribution in [1.82, 2.24) is 4.90 Å². The number of anilines is 1. The van der Waals surface area contributed by atoms with Gasteiger partial charge in [0, 0.05) is 23.2 Å². The second-order valence-corrected chi connectivity index (χ2v) is 6.82. The second-order valence-electron chi connectivity index (χ2n) is 5.91. The van der Waals surface area contributed by atoms with Gasteiger partial charge in [-0.25, -0.2) is 0 Å². The topological polar surface area (TPSA) is 32.3 Å². The van der Waals surface area contributed by atoms with E-state index in [1.807, 2.05) is 24.3 Å². The summed E-state index contributed by atoms with van der Waals surface area (Å²) in [4.78, 5) is 14.4. The van der Waals surface area contributed by atoms with Crippen LogP contribution in [0.5, 0.6) is 0 Å². The monoisotopic (exact) mass is 358 g/mol. The SMILES string of the molecule is Cc1cc2c(cc1C)CN(CC(=O)Nc1cccc(Br)c1)C2. The standard InChI is InChI=1S/C18H19BrN2O/c1-12-6-14-9-21(10-15(14)7-13(12)2)11-18(22)20-17-5-3-4-16(19)8-17/h3-8H,9-11H2,1-2H3,(H,20,22). The van der Waals surface area contributed by atoms with Gasteiger partial charge in [0.05, 0.1) is 6.54 Å². The van der Waals surface area contributed by atoms with E-state index in [2.05, 4.69) is 52.1 Å². The molecular weight excluding hydrogens is 340 g/mol. The summed E-state index contributed by atoms with van der Waals surface area (Å²) in [5.41, 5.74) is 6.15. The van der Waals surface area contributed by atoms with Gasteiger partial charge in [0.1, 0.15) is 0 Å². The molecular formula is C18H19BrN2O. The molecule has 4 heteroatoms. The lowest BCUT2D eigenvalue weighted by Gasteiger charge is -2.14. The molecule has 1 aliphatic rings. The van der Waals surface area contributed by atoms with Crippen LogP contribution in [0, 0.1) is 13.8 Å². The number of benzene rings is 2. The van der Waals surface area contributed by atoms with Crippen LogP contribution >= 0.6 is 15.9 Å². The second kappa shape index (κ2) is 6.23. The third-order valence-corrected chi connectivity index (χ3v) is 4.57. The molecule has 0 spiro atoms. The number of carbonyl (C=O) groups excluding carboxylic acids is 1. The Kier molecular flexibility index (Phi) is 4.32. The van der Waals surface area contributed by atoms with Crippen molar-refractivity contribution in [1.29, 1.82) is 0 Å². The summed E-state index contributed by atoms with van der Waals surface area (Å²) >= 11 is 3.41. The molecule has 1 aliphatic heterocycles. The maximum Gasteiger partial charge on any atom is 0.238 e. The highest BCUT2D eigenvalue weighted by molar-refractivity contribution is 9.10. The van der Waals surface area contributed by atoms with E-state index < -0.39 is 0 Å². The van der Waals surface area contributed by atoms with Gasteiger partial charge in [0.2, 0.25) is 5.91 Å². The molecule has 0 atom stereocenters. The number of aryl methyl sites for hydroxylation is 2. The fourth-order valence-corrected chi connectivity index (χ4v) is 3.25. The van der Waals surface area contributed by atoms with Crippen molar-refractivity contribution in [3.8, 4) is 0 Å². The molecule has 1 heterocycles. The summed E-state index contributed by atoms with van der Waals surface area (Å²) in [5, 5.41) is 2.95. The molecule has 0 saturated heterocycles. The van der Waals surface area contributed by atoms with E-state index in [0.717, 1.165) is 23.2 Å². The highest BCUT2D eigenvalue weighted by Gasteiger charge is 2.21. The van der Waals surface area contributed by atoms with Gasteiger partial charge in [-0.1, -0.05) is 34.1 Å². The third kappa shape index (κ3) is 3.39. The lowest BCUT2D eigenvalue weighted by molar-refractivity contribution is -0.117. The van der Waals surface area contributed by atoms with Crippen molar-refractivity contribution >= 4 is 27.5 Å². The number of rotatable bonds is 3. The molecule has 0 bridgehead atoms. The molecule has 0 aromatic heterocycles. The Hall–Kier alpha value is -1.65. The van der Waals surface area contributed by atoms with Crippen LogP contribution in [0.15, 0.2) is 40.9 Å². The molecule has 0 radical (unpaired) electrons. The van der Waals surface area contributed by atoms with Gasteiger partial charge in [0.25, 0.3) is 0 Å². The number of nitrogens with zero attached hydrogens (tertiary/aromatic N) is 1. The predicted molar refractivity (Wildman–Crippen MR) is 92.8 cm³/mol. The number of hydrogen-bond acceptors (Lipinski definition) is 2. The van der Waals surface area contributed by atoms with E-state index in [1.54, 1.807) is 0 Å². The van der Waals surface area contributed by atoms with Gasteiger partial charge in [0.15, 0.2) is 0 Å². The first-order valence-corrected chi connectivity index (χ1v) is 8.17. The van der Waals surface area contributed by atoms with Crippen molar-refractivity contribution in [2.45, 2.75) is 26.9 Å². The molecule has 0 unspecified atom stereocenters. The molecule has 2 aromatic carbocycles. The number of nitrogens with one attached hydrogen (secondary N) is 1. The van der Waals surface area contributed by atoms with Crippen LogP contribution in [-0.4, -0.2) is 17.4 Å². The van der Waals surface area contributed by atoms with Crippen LogP contribution in [0.2, 0.25) is 0 Å². The molecule has 0 saturated carbocycles. The molecule has 1 N–H and O–H groups in total. The van der Waals surface area contributed by atoms with Gasteiger partial charge >= 0.3 is 0 Å². The highest BCUT2D eigenvalue weighted by atomic mass is 79.9. The molecule has 3 rings (SSSR count). The first-order valence-electron chi connectivity index (χ1n) is 7.38. The average Bonchev–Trinajstić information content (AvgIpc) is 2.80. The molecule has 0 fully saturated rings. The van der Waals surface area contributed by atoms with Crippen molar-refractivity contribution in [3.05, 3.63) is 63.1 Å². The van der Waals surface area contributed by atoms with Crippen LogP contribution in [0.3, 0.4) is 0 Å². The molecule has 114 valence electrons. The minimum Gasteiger partial charge on any atom is -0.325 e. The van der Waals surface area contributed by atoms with Gasteiger partial charge in [-0.05, 0) is 54.3 Å². The Morgan fingerprint density at radius 2 is 1.77 bits per heavy atom. The maximum atomic E-state index is 12.2. The predicted octanol–water partition coefficient (Wildman–Crippen LogP) is 4.02. The number of halogens is 1. The van der Waals surface area contributed by atoms with Gasteiger partial charge in [-0.3, -0.25) is 9.69 Å². The molecule has 2 aromatic rings. The van der Waals surface area contributed by atoms with E-state index in [0.29, 0.717) is 6.54 Å². The molecule has 1 amide bonds. The van der Waals surface area contributed by atoms with E-state index in [1.165, 1.54) is 22.3 Å². The zero-order valence-electron chi connectivity index (χ0n) is 12.8. The Morgan fingerprint density at radius 1 is 1.14 bits per heavy atom. The van der Waals surface area contributed by atoms with E-state index in [9.17, 15) is 4.79 Å². The zero-order valence-corrected chi connectivity index (χ0v) is 14.4. The number of carbonyl (C=O) groups is 1. The van der Waals surface area contributed by atoms with Gasteiger partial charge in [-0.2, -0.15) is 0 Å². The van der Waals surface area contributed by atoms with Gasteiger partial charge < -0.3 is 5.32 Å². The first-order chi connectivity index (χ1) is 10.5. The lowest BCUT2D eigenvalue weighted by Crippen LogP contribution is -2.29. The van der Waals surface area contributed by atoms with E-state index in [-0.39, 0.29) is 5.91 Å². The summed E-state index contributed by atoms with van der Waals surface area (Å²) in [5.74, 6) is 0.0272. The maximum absolute atomic E-state index is 12.2. The Balaban J connectivity index is 1.62. The summed E-state index contributed by atoms with van der Waals surface area (Å²) in [6, 6.07) is 12.2. The fourth-order valence-electron chi connectivity index (χ4n) is 2.85. The minimum absolute atomic E-state index is 0.0272. The summed E-state index contributed by atoms with van der Waals surface area (Å²) in [7, 11) is 0. The lowest BCUT2D eigenvalue weighted by atomic mass is 10.0. The van der Waals surface area contributed by atoms with Crippen LogP contribution in [0.1, 0.15) is 22.3 Å². The van der Waals surface area contributed by atoms with Crippen molar-refractivity contribution in [2.24, 2.45) is 0 Å². The Labute approximate surface area is 139 Å². The van der Waals surface area contributed by atoms with Crippen LogP contribution < -0.4 is 5.32 Å². The van der Waals surface area contributed by atoms with E-state index >= 15 is 0 Å². The average molecular weight is 359 g/mol. The highest BCUT2D eigenvalue weighted by Crippen LogP contribution is 2.25. The smallest absolute Gasteiger partial charge is 0.238 e. The summed E-state index contributed by atoms with van der Waals surface area (Å²) < 4.78 is 0.963. The third-order valence-electron chi connectivity index (χ3n) is 4.08. The first kappa shape index (κ1) is 15.3. The Morgan fingerprint density at radius 3 is 2.36 bits per heavy atom. The van der Waals surface area contributed by atoms with Crippen LogP contribution in [0.25, 0.3) is 0 Å². The minimum atomic E-state index is 0.0272. The normalized spacial score (nSPS) is 14.0. The van der Waals surface area contributed by atoms with Crippen molar-refractivity contribution in [3.63, 3.8) is 0 Å². The summed E-state index contributed by atoms with van der Waals surface area (Å²) in [6.45, 7) is 6.39. The Bertz CT molecular complexity index is 696. The molecule has 0 aliphatic carbocycles. The largest absolute Gasteiger partial charge is 0.325 e. The zero-order chi connectivity index (χ0) is 15.7. The fraction of sp³-hybridized carbons (Fsp3) is 0.278. The summed E-state index contributed by atoms with van der Waals surface area (Å²) in [6.07, 6.45) is 0. The van der Waals surface area contributed by atoms with Crippen LogP contribution in [-0.2, 0) is 17.9 Å². The van der Waals surface area contributed by atoms with E-state index in [4.69, 9.17) is 0 Å². The number of fused-ring (bicyclic) bond motifs is 1. The number of hydrogen-bond donors (Lipinski definition) is 1. The number of amides is 1. The molecule has 3 nitrogen and oxygen atoms in total. The van der Waals surface area contributed by atoms with Crippen molar-refractivity contribution < 1.29 is 4.79 Å². The molecule has 22 heavy (non-hydrogen) atoms. The van der Waals surface area contributed by atoms with Gasteiger partial charge in [-0.15, -0.1) is 0 Å². The van der Waals surface area contributed by atoms with Crippen molar-refractivity contribution in [2.75, 3.05) is 11.9 Å².